The first-order valence-electron chi connectivity index (χ1n) is 6.08. The highest BCUT2D eigenvalue weighted by Gasteiger charge is 2.19. The van der Waals surface area contributed by atoms with E-state index in [4.69, 9.17) is 4.74 Å². The van der Waals surface area contributed by atoms with Gasteiger partial charge in [-0.05, 0) is 31.5 Å². The molecule has 0 aliphatic carbocycles. The molecule has 0 amide bonds. The van der Waals surface area contributed by atoms with Gasteiger partial charge in [-0.3, -0.25) is 0 Å². The minimum absolute atomic E-state index is 0.328. The molecule has 5 nitrogen and oxygen atoms in total. The molecule has 0 spiro atoms. The number of esters is 1. The molecule has 0 aromatic carbocycles. The van der Waals surface area contributed by atoms with Crippen molar-refractivity contribution in [3.63, 3.8) is 0 Å². The summed E-state index contributed by atoms with van der Waals surface area (Å²) in [6, 6.07) is 3.91. The minimum atomic E-state index is -0.328. The second-order valence-corrected chi connectivity index (χ2v) is 4.49. The summed E-state index contributed by atoms with van der Waals surface area (Å²) >= 11 is 0. The first-order chi connectivity index (χ1) is 8.78. The van der Waals surface area contributed by atoms with E-state index in [2.05, 4.69) is 10.3 Å². The number of nitrogens with one attached hydrogen (secondary N) is 1. The lowest BCUT2D eigenvalue weighted by Crippen LogP contribution is -2.12. The van der Waals surface area contributed by atoms with Gasteiger partial charge in [0.2, 0.25) is 0 Å². The number of fused-ring (bicyclic) bond motifs is 1. The van der Waals surface area contributed by atoms with Crippen LogP contribution in [-0.4, -0.2) is 29.0 Å². The smallest absolute Gasteiger partial charge is 0.339 e. The number of rotatable bonds is 2. The van der Waals surface area contributed by atoms with E-state index in [0.717, 1.165) is 24.3 Å². The van der Waals surface area contributed by atoms with E-state index < -0.39 is 0 Å². The van der Waals surface area contributed by atoms with Crippen LogP contribution in [0.15, 0.2) is 24.5 Å². The third kappa shape index (κ3) is 1.86. The monoisotopic (exact) mass is 245 g/mol. The van der Waals surface area contributed by atoms with Gasteiger partial charge in [0.25, 0.3) is 0 Å². The number of pyridine rings is 1. The molecule has 1 unspecified atom stereocenters. The molecule has 18 heavy (non-hydrogen) atoms. The third-order valence-electron chi connectivity index (χ3n) is 3.31. The van der Waals surface area contributed by atoms with Crippen LogP contribution in [0.3, 0.4) is 0 Å². The Morgan fingerprint density at radius 1 is 1.50 bits per heavy atom. The summed E-state index contributed by atoms with van der Waals surface area (Å²) in [6.07, 6.45) is 6.04. The van der Waals surface area contributed by atoms with Crippen molar-refractivity contribution in [2.24, 2.45) is 0 Å². The fourth-order valence-electron chi connectivity index (χ4n) is 2.35. The highest BCUT2D eigenvalue weighted by molar-refractivity contribution is 5.89. The highest BCUT2D eigenvalue weighted by Crippen LogP contribution is 2.22. The lowest BCUT2D eigenvalue weighted by molar-refractivity contribution is 0.0600. The van der Waals surface area contributed by atoms with Crippen LogP contribution in [0, 0.1) is 0 Å². The molecule has 2 aromatic heterocycles. The first kappa shape index (κ1) is 11.2. The average Bonchev–Trinajstić information content (AvgIpc) is 3.04. The van der Waals surface area contributed by atoms with Crippen molar-refractivity contribution in [2.45, 2.75) is 18.9 Å². The normalized spacial score (nSPS) is 19.3. The van der Waals surface area contributed by atoms with Crippen molar-refractivity contribution >= 4 is 11.6 Å². The summed E-state index contributed by atoms with van der Waals surface area (Å²) in [6.45, 7) is 1.05. The fourth-order valence-corrected chi connectivity index (χ4v) is 2.35. The quantitative estimate of drug-likeness (QED) is 0.815. The van der Waals surface area contributed by atoms with E-state index in [-0.39, 0.29) is 5.97 Å². The van der Waals surface area contributed by atoms with E-state index in [0.29, 0.717) is 11.6 Å². The number of hydrogen-bond acceptors (Lipinski definition) is 4. The second-order valence-electron chi connectivity index (χ2n) is 4.49. The molecule has 3 heterocycles. The van der Waals surface area contributed by atoms with E-state index in [1.807, 2.05) is 16.7 Å². The molecule has 1 fully saturated rings. The average molecular weight is 245 g/mol. The van der Waals surface area contributed by atoms with E-state index in [9.17, 15) is 4.79 Å². The topological polar surface area (TPSA) is 55.6 Å². The zero-order chi connectivity index (χ0) is 12.5. The Kier molecular flexibility index (Phi) is 2.76. The van der Waals surface area contributed by atoms with Crippen molar-refractivity contribution in [1.29, 1.82) is 0 Å². The van der Waals surface area contributed by atoms with Crippen molar-refractivity contribution in [3.05, 3.63) is 35.8 Å². The Labute approximate surface area is 105 Å². The van der Waals surface area contributed by atoms with Crippen LogP contribution in [-0.2, 0) is 4.74 Å². The summed E-state index contributed by atoms with van der Waals surface area (Å²) in [4.78, 5) is 16.0. The molecule has 0 radical (unpaired) electrons. The molecule has 3 rings (SSSR count). The van der Waals surface area contributed by atoms with Crippen LogP contribution in [0.5, 0.6) is 0 Å². The summed E-state index contributed by atoms with van der Waals surface area (Å²) in [5.41, 5.74) is 2.43. The van der Waals surface area contributed by atoms with Gasteiger partial charge < -0.3 is 14.5 Å². The predicted molar refractivity (Wildman–Crippen MR) is 66.5 cm³/mol. The zero-order valence-electron chi connectivity index (χ0n) is 10.2. The number of carbonyl (C=O) groups is 1. The van der Waals surface area contributed by atoms with Crippen LogP contribution < -0.4 is 5.32 Å². The third-order valence-corrected chi connectivity index (χ3v) is 3.31. The Bertz CT molecular complexity index is 585. The fraction of sp³-hybridized carbons (Fsp3) is 0.385. The molecule has 0 saturated carbocycles. The standard InChI is InChI=1S/C13H15N3O2/c1-18-13(17)9-4-5-12-15-11(8-16(12)7-9)10-3-2-6-14-10/h4-5,7-8,10,14H,2-3,6H2,1H3. The van der Waals surface area contributed by atoms with Gasteiger partial charge in [-0.1, -0.05) is 0 Å². The maximum absolute atomic E-state index is 11.5. The molecular weight excluding hydrogens is 230 g/mol. The zero-order valence-corrected chi connectivity index (χ0v) is 10.2. The Hall–Kier alpha value is -1.88. The maximum atomic E-state index is 11.5. The summed E-state index contributed by atoms with van der Waals surface area (Å²) < 4.78 is 6.58. The van der Waals surface area contributed by atoms with Crippen LogP contribution >= 0.6 is 0 Å². The number of ether oxygens (including phenoxy) is 1. The largest absolute Gasteiger partial charge is 0.465 e. The Morgan fingerprint density at radius 3 is 3.11 bits per heavy atom. The van der Waals surface area contributed by atoms with Crippen LogP contribution in [0.25, 0.3) is 5.65 Å². The van der Waals surface area contributed by atoms with Crippen LogP contribution in [0.4, 0.5) is 0 Å². The van der Waals surface area contributed by atoms with Gasteiger partial charge in [-0.25, -0.2) is 9.78 Å². The molecular formula is C13H15N3O2. The first-order valence-corrected chi connectivity index (χ1v) is 6.08. The highest BCUT2D eigenvalue weighted by atomic mass is 16.5. The second kappa shape index (κ2) is 4.42. The maximum Gasteiger partial charge on any atom is 0.339 e. The Morgan fingerprint density at radius 2 is 2.39 bits per heavy atom. The van der Waals surface area contributed by atoms with Gasteiger partial charge in [-0.15, -0.1) is 0 Å². The molecule has 2 aromatic rings. The van der Waals surface area contributed by atoms with Gasteiger partial charge in [0.15, 0.2) is 0 Å². The molecule has 1 saturated heterocycles. The molecule has 1 aliphatic heterocycles. The SMILES string of the molecule is COC(=O)c1ccc2nc(C3CCCN3)cn2c1. The van der Waals surface area contributed by atoms with Crippen molar-refractivity contribution < 1.29 is 9.53 Å². The number of hydrogen-bond donors (Lipinski definition) is 1. The molecule has 0 bridgehead atoms. The van der Waals surface area contributed by atoms with Crippen molar-refractivity contribution in [1.82, 2.24) is 14.7 Å². The summed E-state index contributed by atoms with van der Waals surface area (Å²) in [5, 5.41) is 3.41. The van der Waals surface area contributed by atoms with Crippen LogP contribution in [0.2, 0.25) is 0 Å². The Balaban J connectivity index is 1.98. The molecule has 5 heteroatoms. The van der Waals surface area contributed by atoms with Crippen LogP contribution in [0.1, 0.15) is 34.9 Å². The molecule has 1 aliphatic rings. The molecule has 1 N–H and O–H groups in total. The summed E-state index contributed by atoms with van der Waals surface area (Å²) in [7, 11) is 1.38. The van der Waals surface area contributed by atoms with Crippen molar-refractivity contribution in [2.75, 3.05) is 13.7 Å². The number of aromatic nitrogens is 2. The van der Waals surface area contributed by atoms with E-state index in [1.54, 1.807) is 12.3 Å². The van der Waals surface area contributed by atoms with Gasteiger partial charge in [-0.2, -0.15) is 0 Å². The van der Waals surface area contributed by atoms with Crippen molar-refractivity contribution in [3.8, 4) is 0 Å². The van der Waals surface area contributed by atoms with Gasteiger partial charge in [0, 0.05) is 12.4 Å². The number of methoxy groups -OCH3 is 1. The number of imidazole rings is 1. The van der Waals surface area contributed by atoms with Gasteiger partial charge >= 0.3 is 5.97 Å². The lowest BCUT2D eigenvalue weighted by atomic mass is 10.2. The summed E-state index contributed by atoms with van der Waals surface area (Å²) in [5.74, 6) is -0.328. The minimum Gasteiger partial charge on any atom is -0.465 e. The van der Waals surface area contributed by atoms with Gasteiger partial charge in [0.05, 0.1) is 24.4 Å². The molecule has 94 valence electrons. The van der Waals surface area contributed by atoms with E-state index >= 15 is 0 Å². The van der Waals surface area contributed by atoms with Gasteiger partial charge in [0.1, 0.15) is 5.65 Å². The van der Waals surface area contributed by atoms with E-state index in [1.165, 1.54) is 13.5 Å². The number of carbonyl (C=O) groups excluding carboxylic acids is 1. The lowest BCUT2D eigenvalue weighted by Gasteiger charge is -2.04. The molecule has 1 atom stereocenters. The number of nitrogens with zero attached hydrogens (tertiary/aromatic N) is 2. The predicted octanol–water partition coefficient (Wildman–Crippen LogP) is 1.55.